The summed E-state index contributed by atoms with van der Waals surface area (Å²) in [4.78, 5) is 18.0. The molecule has 3 heterocycles. The van der Waals surface area contributed by atoms with Crippen LogP contribution in [0.4, 0.5) is 0 Å². The van der Waals surface area contributed by atoms with E-state index in [-0.39, 0.29) is 5.92 Å². The molecule has 0 aromatic heterocycles. The second kappa shape index (κ2) is 9.86. The van der Waals surface area contributed by atoms with Crippen LogP contribution >= 0.6 is 0 Å². The SMILES string of the molecule is O=C(C1CCOCC1)N(CCCN1CCc2ccccc2C1)C1CCOCC1. The molecule has 1 aromatic carbocycles. The van der Waals surface area contributed by atoms with Crippen LogP contribution in [0.1, 0.15) is 43.2 Å². The summed E-state index contributed by atoms with van der Waals surface area (Å²) >= 11 is 0. The highest BCUT2D eigenvalue weighted by Gasteiger charge is 2.31. The maximum absolute atomic E-state index is 13.3. The third-order valence-corrected chi connectivity index (χ3v) is 6.57. The largest absolute Gasteiger partial charge is 0.381 e. The number of hydrogen-bond donors (Lipinski definition) is 0. The molecule has 1 aromatic rings. The molecular formula is C23H34N2O3. The van der Waals surface area contributed by atoms with Crippen LogP contribution in [0, 0.1) is 5.92 Å². The fourth-order valence-corrected chi connectivity index (χ4v) is 4.86. The topological polar surface area (TPSA) is 42.0 Å². The van der Waals surface area contributed by atoms with Crippen molar-refractivity contribution < 1.29 is 14.3 Å². The second-order valence-corrected chi connectivity index (χ2v) is 8.41. The highest BCUT2D eigenvalue weighted by Crippen LogP contribution is 2.24. The van der Waals surface area contributed by atoms with Crippen molar-refractivity contribution in [1.29, 1.82) is 0 Å². The molecule has 5 nitrogen and oxygen atoms in total. The predicted octanol–water partition coefficient (Wildman–Crippen LogP) is 2.87. The molecule has 0 spiro atoms. The summed E-state index contributed by atoms with van der Waals surface area (Å²) in [6, 6.07) is 9.15. The van der Waals surface area contributed by atoms with Gasteiger partial charge in [-0.05, 0) is 49.7 Å². The molecule has 0 radical (unpaired) electrons. The molecule has 3 aliphatic heterocycles. The van der Waals surface area contributed by atoms with Gasteiger partial charge < -0.3 is 14.4 Å². The average molecular weight is 387 g/mol. The molecule has 0 bridgehead atoms. The molecule has 0 saturated carbocycles. The van der Waals surface area contributed by atoms with E-state index in [2.05, 4.69) is 34.1 Å². The first kappa shape index (κ1) is 19.9. The number of benzene rings is 1. The lowest BCUT2D eigenvalue weighted by molar-refractivity contribution is -0.143. The Bertz CT molecular complexity index is 638. The third kappa shape index (κ3) is 4.94. The van der Waals surface area contributed by atoms with E-state index in [0.717, 1.165) is 91.1 Å². The molecule has 2 fully saturated rings. The molecule has 0 unspecified atom stereocenters. The minimum atomic E-state index is 0.151. The molecule has 1 amide bonds. The third-order valence-electron chi connectivity index (χ3n) is 6.57. The van der Waals surface area contributed by atoms with Gasteiger partial charge in [-0.2, -0.15) is 0 Å². The number of ether oxygens (including phenoxy) is 2. The summed E-state index contributed by atoms with van der Waals surface area (Å²) in [6.07, 6.45) is 5.90. The Balaban J connectivity index is 1.32. The van der Waals surface area contributed by atoms with Crippen LogP contribution in [0.3, 0.4) is 0 Å². The minimum absolute atomic E-state index is 0.151. The van der Waals surface area contributed by atoms with Gasteiger partial charge in [-0.15, -0.1) is 0 Å². The van der Waals surface area contributed by atoms with Crippen LogP contribution in [0.15, 0.2) is 24.3 Å². The van der Waals surface area contributed by atoms with Gasteiger partial charge in [0.05, 0.1) is 0 Å². The Labute approximate surface area is 169 Å². The number of amides is 1. The van der Waals surface area contributed by atoms with Gasteiger partial charge in [-0.1, -0.05) is 24.3 Å². The number of nitrogens with zero attached hydrogens (tertiary/aromatic N) is 2. The first-order valence-electron chi connectivity index (χ1n) is 11.1. The maximum atomic E-state index is 13.3. The van der Waals surface area contributed by atoms with E-state index in [9.17, 15) is 4.79 Å². The van der Waals surface area contributed by atoms with E-state index in [1.165, 1.54) is 11.1 Å². The Morgan fingerprint density at radius 3 is 2.43 bits per heavy atom. The summed E-state index contributed by atoms with van der Waals surface area (Å²) < 4.78 is 11.0. The number of rotatable bonds is 6. The monoisotopic (exact) mass is 386 g/mol. The predicted molar refractivity (Wildman–Crippen MR) is 109 cm³/mol. The molecule has 5 heteroatoms. The van der Waals surface area contributed by atoms with Gasteiger partial charge in [-0.25, -0.2) is 0 Å². The van der Waals surface area contributed by atoms with Crippen LogP contribution in [0.2, 0.25) is 0 Å². The standard InChI is InChI=1S/C23H34N2O3/c26-23(20-7-14-27-15-8-20)25(22-9-16-28-17-10-22)12-3-11-24-13-6-19-4-1-2-5-21(19)18-24/h1-2,4-5,20,22H,3,6-18H2. The second-order valence-electron chi connectivity index (χ2n) is 8.41. The highest BCUT2D eigenvalue weighted by molar-refractivity contribution is 5.79. The van der Waals surface area contributed by atoms with Crippen molar-refractivity contribution >= 4 is 5.91 Å². The van der Waals surface area contributed by atoms with Crippen molar-refractivity contribution in [2.24, 2.45) is 5.92 Å². The van der Waals surface area contributed by atoms with Crippen molar-refractivity contribution in [2.75, 3.05) is 46.1 Å². The summed E-state index contributed by atoms with van der Waals surface area (Å²) in [7, 11) is 0. The van der Waals surface area contributed by atoms with Crippen molar-refractivity contribution in [1.82, 2.24) is 9.80 Å². The maximum Gasteiger partial charge on any atom is 0.226 e. The Kier molecular flexibility index (Phi) is 7.00. The lowest BCUT2D eigenvalue weighted by Gasteiger charge is -2.38. The van der Waals surface area contributed by atoms with Crippen LogP contribution < -0.4 is 0 Å². The van der Waals surface area contributed by atoms with Crippen molar-refractivity contribution in [2.45, 2.75) is 51.1 Å². The van der Waals surface area contributed by atoms with Crippen molar-refractivity contribution in [3.8, 4) is 0 Å². The molecule has 0 N–H and O–H groups in total. The van der Waals surface area contributed by atoms with E-state index in [1.807, 2.05) is 0 Å². The van der Waals surface area contributed by atoms with E-state index in [0.29, 0.717) is 11.9 Å². The van der Waals surface area contributed by atoms with E-state index >= 15 is 0 Å². The lowest BCUT2D eigenvalue weighted by Crippen LogP contribution is -2.48. The smallest absolute Gasteiger partial charge is 0.226 e. The molecule has 4 rings (SSSR count). The summed E-state index contributed by atoms with van der Waals surface area (Å²) in [5.74, 6) is 0.512. The van der Waals surface area contributed by atoms with Crippen LogP contribution in [-0.2, 0) is 27.2 Å². The Morgan fingerprint density at radius 1 is 1.00 bits per heavy atom. The Morgan fingerprint density at radius 2 is 1.68 bits per heavy atom. The Hall–Kier alpha value is -1.43. The zero-order chi connectivity index (χ0) is 19.2. The van der Waals surface area contributed by atoms with Crippen molar-refractivity contribution in [3.05, 3.63) is 35.4 Å². The molecule has 3 aliphatic rings. The van der Waals surface area contributed by atoms with E-state index in [1.54, 1.807) is 0 Å². The highest BCUT2D eigenvalue weighted by atomic mass is 16.5. The van der Waals surface area contributed by atoms with Gasteiger partial charge in [-0.3, -0.25) is 9.69 Å². The zero-order valence-electron chi connectivity index (χ0n) is 17.0. The van der Waals surface area contributed by atoms with E-state index < -0.39 is 0 Å². The number of fused-ring (bicyclic) bond motifs is 1. The summed E-state index contributed by atoms with van der Waals surface area (Å²) in [6.45, 7) is 7.13. The van der Waals surface area contributed by atoms with Crippen LogP contribution in [0.25, 0.3) is 0 Å². The minimum Gasteiger partial charge on any atom is -0.381 e. The summed E-state index contributed by atoms with van der Waals surface area (Å²) in [5, 5.41) is 0. The van der Waals surface area contributed by atoms with E-state index in [4.69, 9.17) is 9.47 Å². The number of carbonyl (C=O) groups is 1. The molecule has 0 aliphatic carbocycles. The summed E-state index contributed by atoms with van der Waals surface area (Å²) in [5.41, 5.74) is 2.96. The number of carbonyl (C=O) groups excluding carboxylic acids is 1. The molecule has 154 valence electrons. The van der Waals surface area contributed by atoms with Crippen molar-refractivity contribution in [3.63, 3.8) is 0 Å². The number of hydrogen-bond acceptors (Lipinski definition) is 4. The molecule has 0 atom stereocenters. The van der Waals surface area contributed by atoms with Gasteiger partial charge in [0.2, 0.25) is 5.91 Å². The van der Waals surface area contributed by atoms with Gasteiger partial charge >= 0.3 is 0 Å². The normalized spacial score (nSPS) is 22.0. The first-order chi connectivity index (χ1) is 13.8. The fraction of sp³-hybridized carbons (Fsp3) is 0.696. The van der Waals surface area contributed by atoms with Gasteiger partial charge in [0, 0.05) is 64.6 Å². The van der Waals surface area contributed by atoms with Gasteiger partial charge in [0.15, 0.2) is 0 Å². The van der Waals surface area contributed by atoms with Crippen LogP contribution in [-0.4, -0.2) is 67.8 Å². The zero-order valence-corrected chi connectivity index (χ0v) is 17.0. The van der Waals surface area contributed by atoms with Gasteiger partial charge in [0.1, 0.15) is 0 Å². The average Bonchev–Trinajstić information content (AvgIpc) is 2.77. The molecule has 28 heavy (non-hydrogen) atoms. The van der Waals surface area contributed by atoms with Gasteiger partial charge in [0.25, 0.3) is 0 Å². The quantitative estimate of drug-likeness (QED) is 0.754. The lowest BCUT2D eigenvalue weighted by atomic mass is 9.96. The van der Waals surface area contributed by atoms with Crippen LogP contribution in [0.5, 0.6) is 0 Å². The fourth-order valence-electron chi connectivity index (χ4n) is 4.86. The first-order valence-corrected chi connectivity index (χ1v) is 11.1. The molecular weight excluding hydrogens is 352 g/mol. The molecule has 2 saturated heterocycles.